The minimum absolute atomic E-state index is 0.830. The van der Waals surface area contributed by atoms with Gasteiger partial charge < -0.3 is 10.2 Å². The van der Waals surface area contributed by atoms with E-state index in [4.69, 9.17) is 4.74 Å². The maximum Gasteiger partial charge on any atom is 0.240 e. The van der Waals surface area contributed by atoms with E-state index in [1.54, 1.807) is 18.9 Å². The molecule has 0 spiro atoms. The van der Waals surface area contributed by atoms with Crippen LogP contribution in [0.25, 0.3) is 5.43 Å². The van der Waals surface area contributed by atoms with Gasteiger partial charge in [-0.25, -0.2) is 4.68 Å². The lowest BCUT2D eigenvalue weighted by Gasteiger charge is -2.16. The number of aryl methyl sites for hydroxylation is 1. The Balaban J connectivity index is 1.80. The molecule has 2 aromatic carbocycles. The van der Waals surface area contributed by atoms with Gasteiger partial charge >= 0.3 is 0 Å². The average Bonchev–Trinajstić information content (AvgIpc) is 2.59. The number of methoxy groups -OCH3 is 1. The molecule has 116 valence electrons. The first-order chi connectivity index (χ1) is 11.2. The molecule has 1 aromatic heterocycles. The maximum atomic E-state index is 5.18. The Morgan fingerprint density at radius 1 is 0.913 bits per heavy atom. The highest BCUT2D eigenvalue weighted by Crippen LogP contribution is 2.27. The van der Waals surface area contributed by atoms with E-state index >= 15 is 0 Å². The molecule has 3 rings (SSSR count). The van der Waals surface area contributed by atoms with Crippen LogP contribution in [0.3, 0.4) is 0 Å². The van der Waals surface area contributed by atoms with Crippen molar-refractivity contribution in [2.24, 2.45) is 0 Å². The predicted molar refractivity (Wildman–Crippen MR) is 93.4 cm³/mol. The second kappa shape index (κ2) is 7.20. The molecule has 0 saturated carbocycles. The lowest BCUT2D eigenvalue weighted by Crippen LogP contribution is -2.30. The van der Waals surface area contributed by atoms with Crippen LogP contribution in [-0.2, 0) is 0 Å². The van der Waals surface area contributed by atoms with E-state index in [0.717, 1.165) is 16.5 Å². The largest absolute Gasteiger partial charge is 0.497 e. The minimum Gasteiger partial charge on any atom is -0.497 e. The van der Waals surface area contributed by atoms with E-state index in [9.17, 15) is 0 Å². The molecule has 1 heterocycles. The Morgan fingerprint density at radius 3 is 2.35 bits per heavy atom. The van der Waals surface area contributed by atoms with Gasteiger partial charge in [0.05, 0.1) is 7.11 Å². The molecule has 3 aromatic rings. The van der Waals surface area contributed by atoms with Gasteiger partial charge in [-0.05, 0) is 49.0 Å². The minimum atomic E-state index is 0.830. The molecule has 23 heavy (non-hydrogen) atoms. The Kier molecular flexibility index (Phi) is 4.83. The quantitative estimate of drug-likeness (QED) is 0.624. The van der Waals surface area contributed by atoms with E-state index in [-0.39, 0.29) is 0 Å². The smallest absolute Gasteiger partial charge is 0.240 e. The Labute approximate surface area is 140 Å². The van der Waals surface area contributed by atoms with Crippen LogP contribution >= 0.6 is 11.8 Å². The highest BCUT2D eigenvalue weighted by atomic mass is 32.2. The zero-order valence-electron chi connectivity index (χ0n) is 13.1. The van der Waals surface area contributed by atoms with Crippen molar-refractivity contribution in [3.05, 3.63) is 83.9 Å². The lowest BCUT2D eigenvalue weighted by molar-refractivity contribution is -0.658. The summed E-state index contributed by atoms with van der Waals surface area (Å²) in [4.78, 5) is 1.19. The summed E-state index contributed by atoms with van der Waals surface area (Å²) >= 11 is 1.69. The molecule has 0 amide bonds. The zero-order valence-corrected chi connectivity index (χ0v) is 14.0. The molecule has 0 aliphatic heterocycles. The molecule has 0 fully saturated rings. The molecule has 0 saturated heterocycles. The molecule has 0 unspecified atom stereocenters. The number of hydrogen-bond donors (Lipinski definition) is 0. The van der Waals surface area contributed by atoms with Crippen molar-refractivity contribution >= 4 is 17.4 Å². The Hall–Kier alpha value is -2.46. The van der Waals surface area contributed by atoms with Crippen molar-refractivity contribution in [2.45, 2.75) is 16.8 Å². The number of ether oxygens (including phenoxy) is 1. The number of rotatable bonds is 5. The van der Waals surface area contributed by atoms with Crippen molar-refractivity contribution < 1.29 is 9.41 Å². The average molecular weight is 322 g/mol. The molecular formula is C19H18N2OS. The summed E-state index contributed by atoms with van der Waals surface area (Å²) in [6, 6.07) is 22.3. The highest BCUT2D eigenvalue weighted by Gasteiger charge is 2.06. The van der Waals surface area contributed by atoms with Crippen molar-refractivity contribution in [3.8, 4) is 5.75 Å². The van der Waals surface area contributed by atoms with Gasteiger partial charge in [-0.2, -0.15) is 0 Å². The van der Waals surface area contributed by atoms with Crippen LogP contribution in [0.4, 0.5) is 5.69 Å². The van der Waals surface area contributed by atoms with Gasteiger partial charge in [-0.15, -0.1) is 0 Å². The van der Waals surface area contributed by atoms with Crippen molar-refractivity contribution in [3.63, 3.8) is 0 Å². The van der Waals surface area contributed by atoms with Gasteiger partial charge in [0, 0.05) is 17.0 Å². The molecule has 4 heteroatoms. The second-order valence-electron chi connectivity index (χ2n) is 5.10. The maximum absolute atomic E-state index is 5.18. The number of benzene rings is 2. The fourth-order valence-corrected chi connectivity index (χ4v) is 2.94. The van der Waals surface area contributed by atoms with E-state index in [2.05, 4.69) is 42.7 Å². The van der Waals surface area contributed by atoms with E-state index in [1.807, 2.05) is 47.3 Å². The first kappa shape index (κ1) is 15.4. The summed E-state index contributed by atoms with van der Waals surface area (Å²) in [5, 5.41) is 1.06. The fraction of sp³-hybridized carbons (Fsp3) is 0.105. The first-order valence-electron chi connectivity index (χ1n) is 7.36. The van der Waals surface area contributed by atoms with Crippen LogP contribution < -0.4 is 9.41 Å². The summed E-state index contributed by atoms with van der Waals surface area (Å²) in [6.07, 6.45) is 1.96. The summed E-state index contributed by atoms with van der Waals surface area (Å²) < 4.78 is 7.07. The van der Waals surface area contributed by atoms with Crippen LogP contribution in [-0.4, -0.2) is 7.11 Å². The molecule has 0 aliphatic rings. The number of pyridine rings is 1. The summed E-state index contributed by atoms with van der Waals surface area (Å²) in [6.45, 7) is 2.09. The molecule has 0 atom stereocenters. The van der Waals surface area contributed by atoms with Gasteiger partial charge in [-0.1, -0.05) is 35.5 Å². The normalized spacial score (nSPS) is 10.3. The fourth-order valence-electron chi connectivity index (χ4n) is 2.08. The SMILES string of the molecule is COc1ccc([N-][n+]2ccccc2Sc2ccc(C)cc2)cc1. The molecular weight excluding hydrogens is 304 g/mol. The molecule has 0 bridgehead atoms. The first-order valence-corrected chi connectivity index (χ1v) is 8.17. The van der Waals surface area contributed by atoms with Crippen molar-refractivity contribution in [1.82, 2.24) is 0 Å². The second-order valence-corrected chi connectivity index (χ2v) is 6.19. The van der Waals surface area contributed by atoms with Crippen molar-refractivity contribution in [2.75, 3.05) is 7.11 Å². The summed E-state index contributed by atoms with van der Waals surface area (Å²) in [5.74, 6) is 0.830. The third-order valence-electron chi connectivity index (χ3n) is 3.34. The lowest BCUT2D eigenvalue weighted by atomic mass is 10.2. The summed E-state index contributed by atoms with van der Waals surface area (Å²) in [7, 11) is 1.66. The molecule has 0 N–H and O–H groups in total. The molecule has 3 nitrogen and oxygen atoms in total. The number of aromatic nitrogens is 1. The van der Waals surface area contributed by atoms with Gasteiger partial charge in [-0.3, -0.25) is 0 Å². The van der Waals surface area contributed by atoms with Crippen LogP contribution in [0.2, 0.25) is 0 Å². The Morgan fingerprint density at radius 2 is 1.65 bits per heavy atom. The molecule has 0 radical (unpaired) electrons. The van der Waals surface area contributed by atoms with Gasteiger partial charge in [0.1, 0.15) is 5.75 Å². The highest BCUT2D eigenvalue weighted by molar-refractivity contribution is 7.99. The zero-order chi connectivity index (χ0) is 16.1. The molecule has 0 aliphatic carbocycles. The van der Waals surface area contributed by atoms with Crippen molar-refractivity contribution in [1.29, 1.82) is 0 Å². The van der Waals surface area contributed by atoms with Gasteiger partial charge in [0.2, 0.25) is 5.03 Å². The van der Waals surface area contributed by atoms with E-state index in [1.165, 1.54) is 10.5 Å². The van der Waals surface area contributed by atoms with Crippen LogP contribution in [0, 0.1) is 6.92 Å². The predicted octanol–water partition coefficient (Wildman–Crippen LogP) is 4.91. The van der Waals surface area contributed by atoms with E-state index in [0.29, 0.717) is 0 Å². The van der Waals surface area contributed by atoms with Crippen LogP contribution in [0.5, 0.6) is 5.75 Å². The Bertz CT molecular complexity index is 770. The van der Waals surface area contributed by atoms with Crippen LogP contribution in [0.1, 0.15) is 5.56 Å². The standard InChI is InChI=1S/C19H18N2OS/c1-15-6-12-18(13-7-15)23-19-5-3-4-14-21(19)20-16-8-10-17(22-2)11-9-16/h3-14H,1-2H3. The summed E-state index contributed by atoms with van der Waals surface area (Å²) in [5.41, 5.74) is 6.81. The van der Waals surface area contributed by atoms with Gasteiger partial charge in [0.25, 0.3) is 0 Å². The van der Waals surface area contributed by atoms with E-state index < -0.39 is 0 Å². The number of nitrogens with zero attached hydrogens (tertiary/aromatic N) is 2. The van der Waals surface area contributed by atoms with Crippen LogP contribution in [0.15, 0.2) is 82.8 Å². The third kappa shape index (κ3) is 4.05. The number of hydrogen-bond acceptors (Lipinski definition) is 2. The third-order valence-corrected chi connectivity index (χ3v) is 4.38. The topological polar surface area (TPSA) is 27.2 Å². The monoisotopic (exact) mass is 322 g/mol. The van der Waals surface area contributed by atoms with Gasteiger partial charge in [0.15, 0.2) is 6.20 Å².